The molecule has 2 heterocycles. The quantitative estimate of drug-likeness (QED) is 0.853. The van der Waals surface area contributed by atoms with E-state index in [-0.39, 0.29) is 5.56 Å². The SMILES string of the molecule is Cc1csc2c(=O)n(CC(C)CS)cnc12. The number of nitrogens with zero attached hydrogens (tertiary/aromatic N) is 2. The molecule has 0 saturated carbocycles. The van der Waals surface area contributed by atoms with Crippen molar-refractivity contribution in [3.63, 3.8) is 0 Å². The molecule has 2 aromatic rings. The third-order valence-corrected chi connectivity index (χ3v) is 4.24. The first-order valence-corrected chi connectivity index (χ1v) is 6.68. The molecule has 0 fully saturated rings. The zero-order valence-electron chi connectivity index (χ0n) is 9.30. The smallest absolute Gasteiger partial charge is 0.271 e. The Morgan fingerprint density at radius 2 is 2.38 bits per heavy atom. The van der Waals surface area contributed by atoms with Gasteiger partial charge in [0.1, 0.15) is 4.70 Å². The Hall–Kier alpha value is -0.810. The fourth-order valence-electron chi connectivity index (χ4n) is 1.58. The number of thiophene rings is 1. The molecule has 3 nitrogen and oxygen atoms in total. The fraction of sp³-hybridized carbons (Fsp3) is 0.455. The number of fused-ring (bicyclic) bond motifs is 1. The van der Waals surface area contributed by atoms with Crippen molar-refractivity contribution < 1.29 is 0 Å². The highest BCUT2D eigenvalue weighted by Crippen LogP contribution is 2.19. The maximum absolute atomic E-state index is 12.1. The normalized spacial score (nSPS) is 13.2. The minimum Gasteiger partial charge on any atom is -0.298 e. The second kappa shape index (κ2) is 4.59. The first-order valence-electron chi connectivity index (χ1n) is 5.17. The van der Waals surface area contributed by atoms with E-state index in [0.29, 0.717) is 12.5 Å². The molecule has 2 aromatic heterocycles. The Labute approximate surface area is 104 Å². The summed E-state index contributed by atoms with van der Waals surface area (Å²) in [5.41, 5.74) is 1.98. The summed E-state index contributed by atoms with van der Waals surface area (Å²) in [5, 5.41) is 1.98. The summed E-state index contributed by atoms with van der Waals surface area (Å²) in [4.78, 5) is 16.4. The topological polar surface area (TPSA) is 34.9 Å². The van der Waals surface area contributed by atoms with Crippen LogP contribution < -0.4 is 5.56 Å². The van der Waals surface area contributed by atoms with Crippen molar-refractivity contribution in [2.75, 3.05) is 5.75 Å². The molecule has 0 spiro atoms. The van der Waals surface area contributed by atoms with E-state index in [0.717, 1.165) is 21.5 Å². The largest absolute Gasteiger partial charge is 0.298 e. The van der Waals surface area contributed by atoms with Crippen molar-refractivity contribution >= 4 is 34.2 Å². The molecule has 1 atom stereocenters. The van der Waals surface area contributed by atoms with E-state index in [2.05, 4.69) is 24.5 Å². The van der Waals surface area contributed by atoms with Crippen molar-refractivity contribution in [2.24, 2.45) is 5.92 Å². The van der Waals surface area contributed by atoms with Crippen molar-refractivity contribution in [3.8, 4) is 0 Å². The Morgan fingerprint density at radius 3 is 3.06 bits per heavy atom. The van der Waals surface area contributed by atoms with Gasteiger partial charge in [-0.2, -0.15) is 12.6 Å². The zero-order chi connectivity index (χ0) is 11.7. The van der Waals surface area contributed by atoms with Gasteiger partial charge in [-0.05, 0) is 29.5 Å². The van der Waals surface area contributed by atoms with E-state index >= 15 is 0 Å². The molecule has 0 N–H and O–H groups in total. The minimum atomic E-state index is 0.0664. The monoisotopic (exact) mass is 254 g/mol. The maximum Gasteiger partial charge on any atom is 0.271 e. The van der Waals surface area contributed by atoms with Crippen LogP contribution in [0, 0.1) is 12.8 Å². The van der Waals surface area contributed by atoms with Crippen LogP contribution in [0.1, 0.15) is 12.5 Å². The van der Waals surface area contributed by atoms with Crippen LogP contribution in [0.2, 0.25) is 0 Å². The van der Waals surface area contributed by atoms with Gasteiger partial charge in [0.2, 0.25) is 0 Å². The molecule has 0 aliphatic carbocycles. The fourth-order valence-corrected chi connectivity index (χ4v) is 2.65. The van der Waals surface area contributed by atoms with Crippen molar-refractivity contribution in [2.45, 2.75) is 20.4 Å². The van der Waals surface area contributed by atoms with E-state index in [4.69, 9.17) is 0 Å². The molecule has 86 valence electrons. The van der Waals surface area contributed by atoms with E-state index in [9.17, 15) is 4.79 Å². The molecule has 0 amide bonds. The predicted octanol–water partition coefficient (Wildman–Crippen LogP) is 2.33. The van der Waals surface area contributed by atoms with Gasteiger partial charge in [0.05, 0.1) is 11.8 Å². The number of hydrogen-bond donors (Lipinski definition) is 1. The molecule has 0 saturated heterocycles. The van der Waals surface area contributed by atoms with Crippen LogP contribution >= 0.6 is 24.0 Å². The van der Waals surface area contributed by atoms with Crippen LogP contribution in [0.3, 0.4) is 0 Å². The second-order valence-corrected chi connectivity index (χ2v) is 5.33. The highest BCUT2D eigenvalue weighted by atomic mass is 32.1. The Morgan fingerprint density at radius 1 is 1.62 bits per heavy atom. The first-order chi connectivity index (χ1) is 7.63. The molecule has 0 aliphatic rings. The summed E-state index contributed by atoms with van der Waals surface area (Å²) in [7, 11) is 0. The van der Waals surface area contributed by atoms with Gasteiger partial charge in [-0.25, -0.2) is 4.98 Å². The third-order valence-electron chi connectivity index (χ3n) is 2.54. The lowest BCUT2D eigenvalue weighted by Gasteiger charge is -2.09. The highest BCUT2D eigenvalue weighted by Gasteiger charge is 2.09. The molecular weight excluding hydrogens is 240 g/mol. The molecule has 5 heteroatoms. The number of aryl methyl sites for hydroxylation is 1. The van der Waals surface area contributed by atoms with Crippen molar-refractivity contribution in [1.29, 1.82) is 0 Å². The molecule has 0 bridgehead atoms. The lowest BCUT2D eigenvalue weighted by Crippen LogP contribution is -2.23. The highest BCUT2D eigenvalue weighted by molar-refractivity contribution is 7.80. The molecular formula is C11H14N2OS2. The summed E-state index contributed by atoms with van der Waals surface area (Å²) >= 11 is 5.70. The second-order valence-electron chi connectivity index (χ2n) is 4.09. The van der Waals surface area contributed by atoms with Gasteiger partial charge >= 0.3 is 0 Å². The number of hydrogen-bond acceptors (Lipinski definition) is 4. The summed E-state index contributed by atoms with van der Waals surface area (Å²) in [6, 6.07) is 0. The van der Waals surface area contributed by atoms with E-state index in [1.54, 1.807) is 10.9 Å². The Bertz CT molecular complexity index is 559. The molecule has 2 rings (SSSR count). The minimum absolute atomic E-state index is 0.0664. The van der Waals surface area contributed by atoms with E-state index < -0.39 is 0 Å². The Kier molecular flexibility index (Phi) is 3.35. The van der Waals surface area contributed by atoms with Crippen molar-refractivity contribution in [1.82, 2.24) is 9.55 Å². The number of rotatable bonds is 3. The maximum atomic E-state index is 12.1. The van der Waals surface area contributed by atoms with Crippen LogP contribution in [-0.2, 0) is 6.54 Å². The molecule has 0 radical (unpaired) electrons. The van der Waals surface area contributed by atoms with Crippen molar-refractivity contribution in [3.05, 3.63) is 27.6 Å². The van der Waals surface area contributed by atoms with Crippen LogP contribution in [0.25, 0.3) is 10.2 Å². The molecule has 1 unspecified atom stereocenters. The average molecular weight is 254 g/mol. The average Bonchev–Trinajstić information content (AvgIpc) is 2.65. The van der Waals surface area contributed by atoms with Crippen LogP contribution in [0.5, 0.6) is 0 Å². The van der Waals surface area contributed by atoms with Gasteiger partial charge < -0.3 is 0 Å². The lowest BCUT2D eigenvalue weighted by molar-refractivity contribution is 0.516. The Balaban J connectivity index is 2.49. The number of thiol groups is 1. The van der Waals surface area contributed by atoms with E-state index in [1.165, 1.54) is 11.3 Å². The van der Waals surface area contributed by atoms with Crippen LogP contribution in [0.4, 0.5) is 0 Å². The summed E-state index contributed by atoms with van der Waals surface area (Å²) < 4.78 is 2.44. The van der Waals surface area contributed by atoms with Gasteiger partial charge in [0.15, 0.2) is 0 Å². The van der Waals surface area contributed by atoms with E-state index in [1.807, 2.05) is 12.3 Å². The number of aromatic nitrogens is 2. The standard InChI is InChI=1S/C11H14N2OS2/c1-7(4-15)3-13-6-12-9-8(2)5-16-10(9)11(13)14/h5-7,15H,3-4H2,1-2H3. The van der Waals surface area contributed by atoms with Gasteiger partial charge in [-0.15, -0.1) is 11.3 Å². The zero-order valence-corrected chi connectivity index (χ0v) is 11.0. The summed E-state index contributed by atoms with van der Waals surface area (Å²) in [6.45, 7) is 4.73. The molecule has 0 aromatic carbocycles. The van der Waals surface area contributed by atoms with Gasteiger partial charge in [0, 0.05) is 6.54 Å². The lowest BCUT2D eigenvalue weighted by atomic mass is 10.2. The van der Waals surface area contributed by atoms with Gasteiger partial charge in [0.25, 0.3) is 5.56 Å². The van der Waals surface area contributed by atoms with Gasteiger partial charge in [-0.1, -0.05) is 6.92 Å². The van der Waals surface area contributed by atoms with Crippen LogP contribution in [-0.4, -0.2) is 15.3 Å². The first kappa shape index (κ1) is 11.7. The molecule has 0 aliphatic heterocycles. The summed E-state index contributed by atoms with van der Waals surface area (Å²) in [5.74, 6) is 1.15. The predicted molar refractivity (Wildman–Crippen MR) is 71.6 cm³/mol. The van der Waals surface area contributed by atoms with Gasteiger partial charge in [-0.3, -0.25) is 9.36 Å². The third kappa shape index (κ3) is 2.01. The van der Waals surface area contributed by atoms with Crippen LogP contribution in [0.15, 0.2) is 16.5 Å². The molecule has 16 heavy (non-hydrogen) atoms. The summed E-state index contributed by atoms with van der Waals surface area (Å²) in [6.07, 6.45) is 1.64.